The van der Waals surface area contributed by atoms with E-state index in [-0.39, 0.29) is 5.96 Å². The zero-order chi connectivity index (χ0) is 16.7. The van der Waals surface area contributed by atoms with E-state index in [0.29, 0.717) is 30.4 Å². The van der Waals surface area contributed by atoms with Crippen LogP contribution < -0.4 is 25.4 Å². The quantitative estimate of drug-likeness (QED) is 0.496. The number of hydrogen-bond acceptors (Lipinski definition) is 4. The number of carbonyl (C=O) groups excluding carboxylic acids is 1. The molecule has 2 amide bonds. The number of guanidine groups is 1. The SMILES string of the molecule is CCOc1cc(OCC)c(C)c(NC(=O)NC(=N)NC)c1C. The largest absolute Gasteiger partial charge is 0.493 e. The second-order valence-corrected chi connectivity index (χ2v) is 4.57. The van der Waals surface area contributed by atoms with Crippen molar-refractivity contribution < 1.29 is 14.3 Å². The molecule has 0 bridgehead atoms. The van der Waals surface area contributed by atoms with Crippen LogP contribution in [0.1, 0.15) is 25.0 Å². The fourth-order valence-corrected chi connectivity index (χ4v) is 1.98. The molecule has 1 aromatic rings. The molecule has 1 aromatic carbocycles. The highest BCUT2D eigenvalue weighted by Gasteiger charge is 2.16. The molecule has 0 saturated heterocycles. The lowest BCUT2D eigenvalue weighted by Gasteiger charge is -2.19. The van der Waals surface area contributed by atoms with E-state index in [2.05, 4.69) is 16.0 Å². The summed E-state index contributed by atoms with van der Waals surface area (Å²) in [5, 5.41) is 15.1. The smallest absolute Gasteiger partial charge is 0.326 e. The van der Waals surface area contributed by atoms with Crippen LogP contribution in [0.4, 0.5) is 10.5 Å². The minimum absolute atomic E-state index is 0.0844. The third-order valence-corrected chi connectivity index (χ3v) is 3.08. The average Bonchev–Trinajstić information content (AvgIpc) is 2.48. The van der Waals surface area contributed by atoms with Gasteiger partial charge in [0.15, 0.2) is 5.96 Å². The first kappa shape index (κ1) is 17.6. The van der Waals surface area contributed by atoms with Crippen molar-refractivity contribution in [1.29, 1.82) is 5.41 Å². The topological polar surface area (TPSA) is 95.5 Å². The number of urea groups is 1. The van der Waals surface area contributed by atoms with Crippen LogP contribution in [0.5, 0.6) is 11.5 Å². The Morgan fingerprint density at radius 3 is 2.05 bits per heavy atom. The molecular weight excluding hydrogens is 284 g/mol. The Morgan fingerprint density at radius 1 is 1.14 bits per heavy atom. The van der Waals surface area contributed by atoms with E-state index in [0.717, 1.165) is 11.1 Å². The van der Waals surface area contributed by atoms with Gasteiger partial charge in [-0.25, -0.2) is 4.79 Å². The Morgan fingerprint density at radius 2 is 1.64 bits per heavy atom. The molecule has 0 radical (unpaired) electrons. The molecule has 0 aliphatic carbocycles. The van der Waals surface area contributed by atoms with Crippen LogP contribution >= 0.6 is 0 Å². The summed E-state index contributed by atoms with van der Waals surface area (Å²) in [5.41, 5.74) is 2.25. The molecule has 7 heteroatoms. The van der Waals surface area contributed by atoms with Gasteiger partial charge in [-0.05, 0) is 27.7 Å². The van der Waals surface area contributed by atoms with Gasteiger partial charge in [-0.2, -0.15) is 0 Å². The molecule has 1 rings (SSSR count). The maximum atomic E-state index is 11.9. The van der Waals surface area contributed by atoms with Gasteiger partial charge >= 0.3 is 6.03 Å². The maximum absolute atomic E-state index is 11.9. The molecule has 122 valence electrons. The summed E-state index contributed by atoms with van der Waals surface area (Å²) in [5.74, 6) is 1.24. The first-order valence-electron chi connectivity index (χ1n) is 7.18. The van der Waals surface area contributed by atoms with Crippen LogP contribution in [0.2, 0.25) is 0 Å². The average molecular weight is 308 g/mol. The zero-order valence-corrected chi connectivity index (χ0v) is 13.7. The summed E-state index contributed by atoms with van der Waals surface area (Å²) >= 11 is 0. The number of anilines is 1. The standard InChI is InChI=1S/C15H24N4O3/c1-6-21-11-8-12(22-7-2)10(4)13(9(11)3)18-15(20)19-14(16)17-5/h8H,6-7H2,1-5H3,(H4,16,17,18,19,20). The van der Waals surface area contributed by atoms with E-state index in [1.165, 1.54) is 0 Å². The third-order valence-electron chi connectivity index (χ3n) is 3.08. The molecule has 0 saturated carbocycles. The molecule has 0 atom stereocenters. The lowest BCUT2D eigenvalue weighted by Crippen LogP contribution is -2.40. The second-order valence-electron chi connectivity index (χ2n) is 4.57. The Labute approximate surface area is 130 Å². The molecule has 0 spiro atoms. The van der Waals surface area contributed by atoms with Crippen LogP contribution in [0, 0.1) is 19.3 Å². The van der Waals surface area contributed by atoms with Gasteiger partial charge in [-0.3, -0.25) is 10.7 Å². The van der Waals surface area contributed by atoms with Crippen LogP contribution in [0.15, 0.2) is 6.07 Å². The van der Waals surface area contributed by atoms with Gasteiger partial charge in [0.2, 0.25) is 0 Å². The van der Waals surface area contributed by atoms with Crippen LogP contribution in [-0.4, -0.2) is 32.3 Å². The third kappa shape index (κ3) is 4.28. The van der Waals surface area contributed by atoms with E-state index in [1.54, 1.807) is 7.05 Å². The van der Waals surface area contributed by atoms with Gasteiger partial charge < -0.3 is 20.1 Å². The Hall–Kier alpha value is -2.44. The van der Waals surface area contributed by atoms with Crippen molar-refractivity contribution in [2.24, 2.45) is 0 Å². The number of nitrogens with one attached hydrogen (secondary N) is 4. The molecular formula is C15H24N4O3. The van der Waals surface area contributed by atoms with E-state index < -0.39 is 6.03 Å². The summed E-state index contributed by atoms with van der Waals surface area (Å²) < 4.78 is 11.2. The summed E-state index contributed by atoms with van der Waals surface area (Å²) in [7, 11) is 1.56. The predicted molar refractivity (Wildman–Crippen MR) is 87.2 cm³/mol. The first-order valence-corrected chi connectivity index (χ1v) is 7.18. The van der Waals surface area contributed by atoms with Gasteiger partial charge in [0, 0.05) is 24.2 Å². The zero-order valence-electron chi connectivity index (χ0n) is 13.7. The maximum Gasteiger partial charge on any atom is 0.326 e. The molecule has 4 N–H and O–H groups in total. The van der Waals surface area contributed by atoms with E-state index in [9.17, 15) is 4.79 Å². The van der Waals surface area contributed by atoms with E-state index in [4.69, 9.17) is 14.9 Å². The van der Waals surface area contributed by atoms with Crippen molar-refractivity contribution >= 4 is 17.7 Å². The summed E-state index contributed by atoms with van der Waals surface area (Å²) in [6.07, 6.45) is 0. The number of benzene rings is 1. The number of ether oxygens (including phenoxy) is 2. The highest BCUT2D eigenvalue weighted by Crippen LogP contribution is 2.36. The van der Waals surface area contributed by atoms with E-state index >= 15 is 0 Å². The molecule has 0 fully saturated rings. The van der Waals surface area contributed by atoms with Crippen molar-refractivity contribution in [3.05, 3.63) is 17.2 Å². The summed E-state index contributed by atoms with van der Waals surface area (Å²) in [4.78, 5) is 11.9. The minimum atomic E-state index is -0.498. The van der Waals surface area contributed by atoms with E-state index in [1.807, 2.05) is 33.8 Å². The second kappa shape index (κ2) is 8.11. The number of hydrogen-bond donors (Lipinski definition) is 4. The normalized spacial score (nSPS) is 9.86. The number of carbonyl (C=O) groups is 1. The van der Waals surface area contributed by atoms with Gasteiger partial charge in [0.05, 0.1) is 18.9 Å². The molecule has 0 aliphatic heterocycles. The van der Waals surface area contributed by atoms with Gasteiger partial charge in [-0.1, -0.05) is 0 Å². The van der Waals surface area contributed by atoms with Gasteiger partial charge in [0.1, 0.15) is 11.5 Å². The van der Waals surface area contributed by atoms with Crippen molar-refractivity contribution in [2.75, 3.05) is 25.6 Å². The summed E-state index contributed by atoms with van der Waals surface area (Å²) in [6.45, 7) is 8.57. The predicted octanol–water partition coefficient (Wildman–Crippen LogP) is 2.38. The monoisotopic (exact) mass is 308 g/mol. The Bertz CT molecular complexity index is 528. The fourth-order valence-electron chi connectivity index (χ4n) is 1.98. The van der Waals surface area contributed by atoms with Gasteiger partial charge in [-0.15, -0.1) is 0 Å². The van der Waals surface area contributed by atoms with Crippen LogP contribution in [0.25, 0.3) is 0 Å². The van der Waals surface area contributed by atoms with Crippen molar-refractivity contribution in [3.8, 4) is 11.5 Å². The molecule has 0 aliphatic rings. The Kier molecular flexibility index (Phi) is 6.49. The molecule has 0 aromatic heterocycles. The van der Waals surface area contributed by atoms with Crippen molar-refractivity contribution in [1.82, 2.24) is 10.6 Å². The minimum Gasteiger partial charge on any atom is -0.493 e. The first-order chi connectivity index (χ1) is 10.4. The lowest BCUT2D eigenvalue weighted by molar-refractivity contribution is 0.256. The number of rotatable bonds is 5. The molecule has 7 nitrogen and oxygen atoms in total. The van der Waals surface area contributed by atoms with Gasteiger partial charge in [0.25, 0.3) is 0 Å². The fraction of sp³-hybridized carbons (Fsp3) is 0.467. The Balaban J connectivity index is 3.14. The highest BCUT2D eigenvalue weighted by molar-refractivity contribution is 6.02. The molecule has 0 heterocycles. The molecule has 22 heavy (non-hydrogen) atoms. The highest BCUT2D eigenvalue weighted by atomic mass is 16.5. The summed E-state index contributed by atoms with van der Waals surface area (Å²) in [6, 6.07) is 1.33. The molecule has 0 unspecified atom stereocenters. The van der Waals surface area contributed by atoms with Crippen molar-refractivity contribution in [2.45, 2.75) is 27.7 Å². The number of amides is 2. The van der Waals surface area contributed by atoms with Crippen LogP contribution in [0.3, 0.4) is 0 Å². The lowest BCUT2D eigenvalue weighted by atomic mass is 10.1. The van der Waals surface area contributed by atoms with Crippen molar-refractivity contribution in [3.63, 3.8) is 0 Å². The van der Waals surface area contributed by atoms with Crippen LogP contribution in [-0.2, 0) is 0 Å².